The van der Waals surface area contributed by atoms with Crippen LogP contribution in [0.15, 0.2) is 48.5 Å². The molecule has 6 rings (SSSR count). The number of fused-ring (bicyclic) bond motifs is 2. The predicted molar refractivity (Wildman–Crippen MR) is 114 cm³/mol. The van der Waals surface area contributed by atoms with Gasteiger partial charge >= 0.3 is 0 Å². The maximum absolute atomic E-state index is 13.5. The summed E-state index contributed by atoms with van der Waals surface area (Å²) in [6.45, 7) is 5.30. The lowest BCUT2D eigenvalue weighted by Gasteiger charge is -2.51. The number of nitrogens with zero attached hydrogens (tertiary/aromatic N) is 2. The molecular weight excluding hydrogens is 360 g/mol. The van der Waals surface area contributed by atoms with E-state index in [-0.39, 0.29) is 5.91 Å². The summed E-state index contributed by atoms with van der Waals surface area (Å²) in [5, 5.41) is 0. The number of carbonyl (C=O) groups is 1. The van der Waals surface area contributed by atoms with Crippen molar-refractivity contribution in [2.24, 2.45) is 5.92 Å². The van der Waals surface area contributed by atoms with Gasteiger partial charge in [-0.15, -0.1) is 0 Å². The van der Waals surface area contributed by atoms with Crippen molar-refractivity contribution < 1.29 is 9.53 Å². The Morgan fingerprint density at radius 1 is 1.00 bits per heavy atom. The topological polar surface area (TPSA) is 32.8 Å². The number of carbonyl (C=O) groups excluding carboxylic acids is 1. The fraction of sp³-hybridized carbons (Fsp3) is 0.480. The Bertz CT molecular complexity index is 869. The van der Waals surface area contributed by atoms with E-state index in [1.807, 2.05) is 12.1 Å². The molecule has 0 N–H and O–H groups in total. The van der Waals surface area contributed by atoms with Gasteiger partial charge in [0.15, 0.2) is 0 Å². The third kappa shape index (κ3) is 3.14. The van der Waals surface area contributed by atoms with Crippen molar-refractivity contribution in [2.45, 2.75) is 44.2 Å². The molecule has 4 saturated heterocycles. The van der Waals surface area contributed by atoms with Gasteiger partial charge in [0.2, 0.25) is 0 Å². The van der Waals surface area contributed by atoms with Crippen molar-refractivity contribution in [1.82, 2.24) is 9.80 Å². The van der Waals surface area contributed by atoms with Crippen molar-refractivity contribution in [1.29, 1.82) is 0 Å². The summed E-state index contributed by atoms with van der Waals surface area (Å²) in [6, 6.07) is 17.5. The number of ether oxygens (including phenoxy) is 1. The maximum atomic E-state index is 13.5. The second kappa shape index (κ2) is 7.49. The summed E-state index contributed by atoms with van der Waals surface area (Å²) in [5.74, 6) is 2.09. The molecule has 2 aromatic rings. The van der Waals surface area contributed by atoms with E-state index in [0.717, 1.165) is 24.3 Å². The SMILES string of the molecule is CCc1ccc(C(=O)N2C[C@H](c3ccc(OC)cc3)[C@H]3[C@@H]2C2CCN3CC2)cc1. The van der Waals surface area contributed by atoms with Crippen LogP contribution in [-0.2, 0) is 6.42 Å². The Kier molecular flexibility index (Phi) is 4.83. The molecule has 2 aromatic carbocycles. The number of piperidine rings is 3. The molecule has 4 heteroatoms. The Labute approximate surface area is 173 Å². The van der Waals surface area contributed by atoms with E-state index in [9.17, 15) is 4.79 Å². The van der Waals surface area contributed by atoms with E-state index in [1.54, 1.807) is 7.11 Å². The van der Waals surface area contributed by atoms with Crippen LogP contribution in [0.1, 0.15) is 47.2 Å². The van der Waals surface area contributed by atoms with Gasteiger partial charge in [-0.3, -0.25) is 9.69 Å². The number of hydrogen-bond donors (Lipinski definition) is 0. The van der Waals surface area contributed by atoms with Gasteiger partial charge in [-0.1, -0.05) is 31.2 Å². The van der Waals surface area contributed by atoms with Gasteiger partial charge in [-0.05, 0) is 73.7 Å². The first-order chi connectivity index (χ1) is 14.2. The average molecular weight is 391 g/mol. The first-order valence-electron chi connectivity index (χ1n) is 11.0. The molecule has 152 valence electrons. The van der Waals surface area contributed by atoms with E-state index in [4.69, 9.17) is 4.74 Å². The van der Waals surface area contributed by atoms with Crippen LogP contribution in [0.4, 0.5) is 0 Å². The lowest BCUT2D eigenvalue weighted by Crippen LogP contribution is -2.60. The molecular formula is C25H30N2O2. The highest BCUT2D eigenvalue weighted by molar-refractivity contribution is 5.95. The van der Waals surface area contributed by atoms with Gasteiger partial charge in [0.1, 0.15) is 5.75 Å². The first-order valence-corrected chi connectivity index (χ1v) is 11.0. The van der Waals surface area contributed by atoms with E-state index in [2.05, 4.69) is 53.1 Å². The summed E-state index contributed by atoms with van der Waals surface area (Å²) in [7, 11) is 1.70. The number of methoxy groups -OCH3 is 1. The van der Waals surface area contributed by atoms with Gasteiger partial charge in [0, 0.05) is 24.1 Å². The highest BCUT2D eigenvalue weighted by Crippen LogP contribution is 2.47. The highest BCUT2D eigenvalue weighted by atomic mass is 16.5. The molecule has 0 saturated carbocycles. The monoisotopic (exact) mass is 390 g/mol. The normalized spacial score (nSPS) is 30.3. The van der Waals surface area contributed by atoms with Crippen LogP contribution in [0.2, 0.25) is 0 Å². The number of benzene rings is 2. The van der Waals surface area contributed by atoms with Crippen molar-refractivity contribution in [3.8, 4) is 5.75 Å². The fourth-order valence-electron chi connectivity index (χ4n) is 5.85. The van der Waals surface area contributed by atoms with Crippen LogP contribution in [0.25, 0.3) is 0 Å². The van der Waals surface area contributed by atoms with E-state index in [0.29, 0.717) is 23.9 Å². The van der Waals surface area contributed by atoms with Crippen LogP contribution >= 0.6 is 0 Å². The molecule has 0 spiro atoms. The van der Waals surface area contributed by atoms with Crippen LogP contribution in [0.5, 0.6) is 5.75 Å². The Hall–Kier alpha value is -2.33. The number of aryl methyl sites for hydroxylation is 1. The third-order valence-electron chi connectivity index (χ3n) is 7.41. The Morgan fingerprint density at radius 3 is 2.31 bits per heavy atom. The molecule has 3 atom stereocenters. The quantitative estimate of drug-likeness (QED) is 0.792. The fourth-order valence-corrected chi connectivity index (χ4v) is 5.85. The summed E-state index contributed by atoms with van der Waals surface area (Å²) in [4.78, 5) is 18.4. The molecule has 2 bridgehead atoms. The largest absolute Gasteiger partial charge is 0.497 e. The standard InChI is InChI=1S/C25H30N2O2/c1-3-17-4-6-20(7-5-17)25(28)27-16-22(18-8-10-21(29-2)11-9-18)24-23(27)19-12-14-26(24)15-13-19/h4-11,19,22-24H,3,12-16H2,1-2H3/t22-,23+,24+/m1/s1. The van der Waals surface area contributed by atoms with Crippen LogP contribution < -0.4 is 4.74 Å². The van der Waals surface area contributed by atoms with Crippen molar-refractivity contribution in [3.63, 3.8) is 0 Å². The van der Waals surface area contributed by atoms with Crippen molar-refractivity contribution >= 4 is 5.91 Å². The van der Waals surface area contributed by atoms with Gasteiger partial charge in [0.25, 0.3) is 5.91 Å². The zero-order chi connectivity index (χ0) is 20.0. The predicted octanol–water partition coefficient (Wildman–Crippen LogP) is 3.96. The molecule has 29 heavy (non-hydrogen) atoms. The van der Waals surface area contributed by atoms with Crippen LogP contribution in [-0.4, -0.2) is 54.5 Å². The van der Waals surface area contributed by atoms with Gasteiger partial charge < -0.3 is 9.64 Å². The molecule has 0 unspecified atom stereocenters. The van der Waals surface area contributed by atoms with Gasteiger partial charge in [-0.2, -0.15) is 0 Å². The smallest absolute Gasteiger partial charge is 0.254 e. The summed E-state index contributed by atoms with van der Waals surface area (Å²) in [5.41, 5.74) is 3.43. The molecule has 4 fully saturated rings. The number of likely N-dealkylation sites (tertiary alicyclic amines) is 1. The second-order valence-electron chi connectivity index (χ2n) is 8.74. The molecule has 0 aliphatic carbocycles. The molecule has 4 heterocycles. The summed E-state index contributed by atoms with van der Waals surface area (Å²) in [6.07, 6.45) is 3.43. The minimum Gasteiger partial charge on any atom is -0.497 e. The van der Waals surface area contributed by atoms with Gasteiger partial charge in [0.05, 0.1) is 13.2 Å². The van der Waals surface area contributed by atoms with E-state index in [1.165, 1.54) is 37.1 Å². The first kappa shape index (κ1) is 18.7. The maximum Gasteiger partial charge on any atom is 0.254 e. The summed E-state index contributed by atoms with van der Waals surface area (Å²) < 4.78 is 5.35. The van der Waals surface area contributed by atoms with Gasteiger partial charge in [-0.25, -0.2) is 0 Å². The molecule has 0 aromatic heterocycles. The Balaban J connectivity index is 1.47. The van der Waals surface area contributed by atoms with Crippen LogP contribution in [0.3, 0.4) is 0 Å². The minimum absolute atomic E-state index is 0.201. The molecule has 4 aliphatic heterocycles. The minimum atomic E-state index is 0.201. The lowest BCUT2D eigenvalue weighted by molar-refractivity contribution is -0.00340. The van der Waals surface area contributed by atoms with Crippen LogP contribution in [0, 0.1) is 5.92 Å². The zero-order valence-corrected chi connectivity index (χ0v) is 17.4. The number of hydrogen-bond acceptors (Lipinski definition) is 3. The average Bonchev–Trinajstić information content (AvgIpc) is 3.22. The molecule has 4 aliphatic rings. The molecule has 4 nitrogen and oxygen atoms in total. The van der Waals surface area contributed by atoms with E-state index < -0.39 is 0 Å². The Morgan fingerprint density at radius 2 is 1.69 bits per heavy atom. The second-order valence-corrected chi connectivity index (χ2v) is 8.74. The van der Waals surface area contributed by atoms with Crippen molar-refractivity contribution in [2.75, 3.05) is 26.7 Å². The van der Waals surface area contributed by atoms with Crippen molar-refractivity contribution in [3.05, 3.63) is 65.2 Å². The lowest BCUT2D eigenvalue weighted by atomic mass is 9.75. The third-order valence-corrected chi connectivity index (χ3v) is 7.41. The summed E-state index contributed by atoms with van der Waals surface area (Å²) >= 11 is 0. The zero-order valence-electron chi connectivity index (χ0n) is 17.4. The number of amides is 1. The highest BCUT2D eigenvalue weighted by Gasteiger charge is 2.54. The molecule has 0 radical (unpaired) electrons. The van der Waals surface area contributed by atoms with E-state index >= 15 is 0 Å². The molecule has 1 amide bonds. The number of rotatable bonds is 4.